The third-order valence-corrected chi connectivity index (χ3v) is 9.32. The van der Waals surface area contributed by atoms with Gasteiger partial charge >= 0.3 is 0 Å². The lowest BCUT2D eigenvalue weighted by Gasteiger charge is -2.14. The van der Waals surface area contributed by atoms with Crippen LogP contribution in [0.3, 0.4) is 0 Å². The summed E-state index contributed by atoms with van der Waals surface area (Å²) in [4.78, 5) is 15.9. The van der Waals surface area contributed by atoms with E-state index in [0.29, 0.717) is 5.95 Å². The van der Waals surface area contributed by atoms with Gasteiger partial charge in [0.25, 0.3) is 0 Å². The van der Waals surface area contributed by atoms with Crippen LogP contribution >= 0.6 is 0 Å². The summed E-state index contributed by atoms with van der Waals surface area (Å²) in [6.45, 7) is 0. The van der Waals surface area contributed by atoms with Gasteiger partial charge in [-0.15, -0.1) is 0 Å². The molecule has 0 unspecified atom stereocenters. The van der Waals surface area contributed by atoms with Crippen molar-refractivity contribution in [3.8, 4) is 34.3 Å². The van der Waals surface area contributed by atoms with Crippen LogP contribution in [0.2, 0.25) is 0 Å². The summed E-state index contributed by atoms with van der Waals surface area (Å²) in [5.41, 5.74) is 9.08. The summed E-state index contributed by atoms with van der Waals surface area (Å²) in [7, 11) is 0. The van der Waals surface area contributed by atoms with Crippen molar-refractivity contribution in [3.05, 3.63) is 164 Å². The summed E-state index contributed by atoms with van der Waals surface area (Å²) in [5, 5.41) is 5.55. The lowest BCUT2D eigenvalue weighted by Crippen LogP contribution is -2.04. The van der Waals surface area contributed by atoms with Gasteiger partial charge in [-0.2, -0.15) is 0 Å². The second-order valence-electron chi connectivity index (χ2n) is 12.1. The fourth-order valence-corrected chi connectivity index (χ4v) is 7.22. The van der Waals surface area contributed by atoms with Crippen LogP contribution in [0.5, 0.6) is 0 Å². The van der Waals surface area contributed by atoms with Crippen LogP contribution in [-0.4, -0.2) is 24.1 Å². The summed E-state index contributed by atoms with van der Waals surface area (Å²) < 4.78 is 4.57. The molecule has 0 bridgehead atoms. The van der Waals surface area contributed by atoms with Gasteiger partial charge in [-0.05, 0) is 35.7 Å². The number of para-hydroxylation sites is 3. The number of aromatic nitrogens is 5. The highest BCUT2D eigenvalue weighted by Crippen LogP contribution is 2.41. The molecule has 0 aliphatic rings. The SMILES string of the molecule is c1ccc(-c2nc(-n3c4ccccc4c4ccc5ccc6nc(-c7ccccc7)n(-c7ccccc7)c6c5c43)nc3ccccc23)cc1. The average Bonchev–Trinajstić information content (AvgIpc) is 3.72. The number of hydrogen-bond donors (Lipinski definition) is 0. The van der Waals surface area contributed by atoms with E-state index in [1.165, 1.54) is 0 Å². The molecule has 0 spiro atoms. The van der Waals surface area contributed by atoms with Crippen molar-refractivity contribution in [2.24, 2.45) is 0 Å². The van der Waals surface area contributed by atoms with Gasteiger partial charge in [-0.25, -0.2) is 15.0 Å². The van der Waals surface area contributed by atoms with Crippen LogP contribution in [0.25, 0.3) is 88.8 Å². The molecule has 5 heteroatoms. The molecule has 0 N–H and O–H groups in total. The fourth-order valence-electron chi connectivity index (χ4n) is 7.22. The molecule has 0 saturated carbocycles. The molecule has 0 amide bonds. The Bertz CT molecular complexity index is 2820. The van der Waals surface area contributed by atoms with E-state index in [0.717, 1.165) is 82.8 Å². The van der Waals surface area contributed by atoms with Gasteiger partial charge in [0.05, 0.1) is 33.3 Å². The van der Waals surface area contributed by atoms with Crippen molar-refractivity contribution < 1.29 is 0 Å². The first kappa shape index (κ1) is 26.6. The summed E-state index contributed by atoms with van der Waals surface area (Å²) in [5.74, 6) is 1.54. The van der Waals surface area contributed by atoms with Crippen molar-refractivity contribution in [1.29, 1.82) is 0 Å². The first-order valence-corrected chi connectivity index (χ1v) is 16.1. The third-order valence-electron chi connectivity index (χ3n) is 9.32. The van der Waals surface area contributed by atoms with Crippen LogP contribution in [0, 0.1) is 0 Å². The highest BCUT2D eigenvalue weighted by molar-refractivity contribution is 6.25. The third kappa shape index (κ3) is 3.94. The number of benzene rings is 7. The van der Waals surface area contributed by atoms with Gasteiger partial charge in [0.2, 0.25) is 5.95 Å². The van der Waals surface area contributed by atoms with Gasteiger partial charge < -0.3 is 0 Å². The molecule has 0 saturated heterocycles. The second kappa shape index (κ2) is 10.5. The first-order chi connectivity index (χ1) is 23.8. The number of imidazole rings is 1. The van der Waals surface area contributed by atoms with E-state index in [1.54, 1.807) is 0 Å². The Hall–Kier alpha value is -6.59. The molecular formula is C43H27N5. The molecule has 10 rings (SSSR count). The van der Waals surface area contributed by atoms with E-state index in [2.05, 4.69) is 155 Å². The molecule has 10 aromatic rings. The quantitative estimate of drug-likeness (QED) is 0.198. The molecule has 0 fully saturated rings. The highest BCUT2D eigenvalue weighted by atomic mass is 15.2. The highest BCUT2D eigenvalue weighted by Gasteiger charge is 2.23. The molecule has 3 heterocycles. The predicted molar refractivity (Wildman–Crippen MR) is 197 cm³/mol. The molecule has 5 nitrogen and oxygen atoms in total. The maximum Gasteiger partial charge on any atom is 0.235 e. The predicted octanol–water partition coefficient (Wildman–Crippen LogP) is 10.6. The van der Waals surface area contributed by atoms with Crippen LogP contribution in [-0.2, 0) is 0 Å². The lowest BCUT2D eigenvalue weighted by molar-refractivity contribution is 1.02. The second-order valence-corrected chi connectivity index (χ2v) is 12.1. The largest absolute Gasteiger partial charge is 0.292 e. The Morgan fingerprint density at radius 2 is 1.04 bits per heavy atom. The Labute approximate surface area is 276 Å². The van der Waals surface area contributed by atoms with Crippen molar-refractivity contribution >= 4 is 54.5 Å². The van der Waals surface area contributed by atoms with Crippen LogP contribution in [0.15, 0.2) is 164 Å². The average molecular weight is 614 g/mol. The van der Waals surface area contributed by atoms with Gasteiger partial charge in [0.1, 0.15) is 5.82 Å². The molecule has 0 aliphatic heterocycles. The standard InChI is InChI=1S/C43H27N5/c1-4-14-29(15-5-1)39-34-21-10-12-22-35(34)45-43(46-39)48-37-23-13-11-20-32(37)33-26-24-28-25-27-36-41(38(28)40(33)48)47(31-18-8-3-9-19-31)42(44-36)30-16-6-2-7-17-30/h1-27H. The zero-order valence-corrected chi connectivity index (χ0v) is 25.8. The minimum Gasteiger partial charge on any atom is -0.292 e. The van der Waals surface area contributed by atoms with Crippen LogP contribution < -0.4 is 0 Å². The Morgan fingerprint density at radius 3 is 1.83 bits per heavy atom. The summed E-state index contributed by atoms with van der Waals surface area (Å²) in [6, 6.07) is 57.0. The Kier molecular flexibility index (Phi) is 5.81. The maximum atomic E-state index is 5.36. The number of hydrogen-bond acceptors (Lipinski definition) is 3. The monoisotopic (exact) mass is 613 g/mol. The van der Waals surface area contributed by atoms with Gasteiger partial charge in [-0.1, -0.05) is 133 Å². The van der Waals surface area contributed by atoms with E-state index in [4.69, 9.17) is 15.0 Å². The van der Waals surface area contributed by atoms with E-state index in [1.807, 2.05) is 18.2 Å². The smallest absolute Gasteiger partial charge is 0.235 e. The lowest BCUT2D eigenvalue weighted by atomic mass is 10.0. The van der Waals surface area contributed by atoms with Crippen molar-refractivity contribution in [1.82, 2.24) is 24.1 Å². The number of fused-ring (bicyclic) bond motifs is 8. The molecule has 0 radical (unpaired) electrons. The van der Waals surface area contributed by atoms with Crippen molar-refractivity contribution in [2.75, 3.05) is 0 Å². The maximum absolute atomic E-state index is 5.36. The molecule has 7 aromatic carbocycles. The zero-order chi connectivity index (χ0) is 31.6. The van der Waals surface area contributed by atoms with Crippen molar-refractivity contribution in [3.63, 3.8) is 0 Å². The number of nitrogens with zero attached hydrogens (tertiary/aromatic N) is 5. The molecule has 48 heavy (non-hydrogen) atoms. The van der Waals surface area contributed by atoms with E-state index < -0.39 is 0 Å². The minimum absolute atomic E-state index is 0.636. The zero-order valence-electron chi connectivity index (χ0n) is 25.8. The first-order valence-electron chi connectivity index (χ1n) is 16.1. The molecule has 0 atom stereocenters. The van der Waals surface area contributed by atoms with Gasteiger partial charge in [0, 0.05) is 38.4 Å². The fraction of sp³-hybridized carbons (Fsp3) is 0. The summed E-state index contributed by atoms with van der Waals surface area (Å²) >= 11 is 0. The normalized spacial score (nSPS) is 11.8. The van der Waals surface area contributed by atoms with Gasteiger partial charge in [-0.3, -0.25) is 9.13 Å². The molecule has 3 aromatic heterocycles. The molecule has 0 aliphatic carbocycles. The van der Waals surface area contributed by atoms with Crippen LogP contribution in [0.4, 0.5) is 0 Å². The topological polar surface area (TPSA) is 48.5 Å². The van der Waals surface area contributed by atoms with E-state index in [9.17, 15) is 0 Å². The number of rotatable bonds is 4. The van der Waals surface area contributed by atoms with Gasteiger partial charge in [0.15, 0.2) is 0 Å². The minimum atomic E-state index is 0.636. The summed E-state index contributed by atoms with van der Waals surface area (Å²) in [6.07, 6.45) is 0. The Balaban J connectivity index is 1.41. The molecular weight excluding hydrogens is 587 g/mol. The molecule has 224 valence electrons. The Morgan fingerprint density at radius 1 is 0.396 bits per heavy atom. The van der Waals surface area contributed by atoms with Crippen LogP contribution in [0.1, 0.15) is 0 Å². The van der Waals surface area contributed by atoms with E-state index >= 15 is 0 Å². The van der Waals surface area contributed by atoms with Crippen molar-refractivity contribution in [2.45, 2.75) is 0 Å². The van der Waals surface area contributed by atoms with E-state index in [-0.39, 0.29) is 0 Å².